The zero-order valence-electron chi connectivity index (χ0n) is 17.9. The molecule has 0 fully saturated rings. The molecule has 0 saturated carbocycles. The van der Waals surface area contributed by atoms with E-state index in [1.807, 2.05) is 28.8 Å². The van der Waals surface area contributed by atoms with Crippen LogP contribution in [0.25, 0.3) is 22.6 Å². The van der Waals surface area contributed by atoms with Gasteiger partial charge in [0.2, 0.25) is 0 Å². The second kappa shape index (κ2) is 9.20. The largest absolute Gasteiger partial charge is 0.457 e. The monoisotopic (exact) mass is 473 g/mol. The summed E-state index contributed by atoms with van der Waals surface area (Å²) < 4.78 is 20.2. The lowest BCUT2D eigenvalue weighted by Crippen LogP contribution is -2.10. The maximum atomic E-state index is 12.3. The second-order valence-electron chi connectivity index (χ2n) is 8.22. The molecule has 0 radical (unpaired) electrons. The highest BCUT2D eigenvalue weighted by Gasteiger charge is 2.30. The standard InChI is InChI=1S/C23H25ClN3O4P/c1-15(2)14-27-20-12-16(24)9-10-19(20)26-23(27)22-21(32(28,29)30)13-18(31-22)8-5-7-17-6-3-4-11-25-17/h3-4,6,9-13,15H,5,7-8,14H2,1-2H3,(H2,28,29,30). The van der Waals surface area contributed by atoms with Gasteiger partial charge >= 0.3 is 7.60 Å². The van der Waals surface area contributed by atoms with Gasteiger partial charge in [-0.05, 0) is 55.2 Å². The Morgan fingerprint density at radius 2 is 1.97 bits per heavy atom. The van der Waals surface area contributed by atoms with Crippen LogP contribution in [-0.2, 0) is 24.0 Å². The van der Waals surface area contributed by atoms with Crippen LogP contribution in [-0.4, -0.2) is 24.3 Å². The summed E-state index contributed by atoms with van der Waals surface area (Å²) in [5.41, 5.74) is 2.45. The lowest BCUT2D eigenvalue weighted by atomic mass is 10.1. The summed E-state index contributed by atoms with van der Waals surface area (Å²) in [7, 11) is -4.58. The Balaban J connectivity index is 1.74. The number of furan rings is 1. The number of hydrogen-bond donors (Lipinski definition) is 2. The van der Waals surface area contributed by atoms with Crippen molar-refractivity contribution in [3.63, 3.8) is 0 Å². The van der Waals surface area contributed by atoms with Gasteiger partial charge in [0.15, 0.2) is 11.6 Å². The summed E-state index contributed by atoms with van der Waals surface area (Å²) >= 11 is 6.20. The molecule has 4 rings (SSSR count). The van der Waals surface area contributed by atoms with Crippen LogP contribution >= 0.6 is 19.2 Å². The number of halogens is 1. The minimum absolute atomic E-state index is 0.110. The van der Waals surface area contributed by atoms with Crippen molar-refractivity contribution in [2.24, 2.45) is 5.92 Å². The van der Waals surface area contributed by atoms with E-state index in [1.165, 1.54) is 6.07 Å². The molecule has 3 aromatic heterocycles. The van der Waals surface area contributed by atoms with Crippen molar-refractivity contribution in [3.05, 3.63) is 65.1 Å². The van der Waals surface area contributed by atoms with Crippen LogP contribution in [0.15, 0.2) is 53.1 Å². The van der Waals surface area contributed by atoms with E-state index in [1.54, 1.807) is 18.3 Å². The SMILES string of the molecule is CC(C)Cn1c(-c2oc(CCCc3ccccn3)cc2P(=O)(O)O)nc2ccc(Cl)cc21. The third-order valence-electron chi connectivity index (χ3n) is 5.12. The fourth-order valence-electron chi connectivity index (χ4n) is 3.74. The molecule has 32 heavy (non-hydrogen) atoms. The molecule has 4 aromatic rings. The van der Waals surface area contributed by atoms with Gasteiger partial charge in [-0.25, -0.2) is 4.98 Å². The molecule has 1 aromatic carbocycles. The minimum Gasteiger partial charge on any atom is -0.457 e. The van der Waals surface area contributed by atoms with E-state index in [4.69, 9.17) is 16.0 Å². The van der Waals surface area contributed by atoms with Crippen molar-refractivity contribution >= 4 is 35.5 Å². The number of aryl methyl sites for hydroxylation is 2. The van der Waals surface area contributed by atoms with Crippen molar-refractivity contribution in [2.75, 3.05) is 0 Å². The van der Waals surface area contributed by atoms with Gasteiger partial charge < -0.3 is 18.8 Å². The van der Waals surface area contributed by atoms with E-state index in [0.717, 1.165) is 24.1 Å². The Hall–Kier alpha value is -2.44. The third kappa shape index (κ3) is 4.97. The number of fused-ring (bicyclic) bond motifs is 1. The van der Waals surface area contributed by atoms with Crippen molar-refractivity contribution in [1.82, 2.24) is 14.5 Å². The van der Waals surface area contributed by atoms with Gasteiger partial charge in [0.05, 0.1) is 11.0 Å². The molecule has 168 valence electrons. The zero-order valence-corrected chi connectivity index (χ0v) is 19.6. The Bertz CT molecular complexity index is 1280. The van der Waals surface area contributed by atoms with E-state index < -0.39 is 7.60 Å². The molecule has 0 aliphatic carbocycles. The first kappa shape index (κ1) is 22.7. The average molecular weight is 474 g/mol. The number of pyridine rings is 1. The Kier molecular flexibility index (Phi) is 6.54. The summed E-state index contributed by atoms with van der Waals surface area (Å²) in [6.45, 7) is 4.73. The van der Waals surface area contributed by atoms with Crippen molar-refractivity contribution < 1.29 is 18.8 Å². The molecule has 2 N–H and O–H groups in total. The van der Waals surface area contributed by atoms with E-state index in [-0.39, 0.29) is 17.0 Å². The first-order valence-corrected chi connectivity index (χ1v) is 12.5. The summed E-state index contributed by atoms with van der Waals surface area (Å²) in [6.07, 6.45) is 3.76. The average Bonchev–Trinajstić information content (AvgIpc) is 3.30. The number of nitrogens with zero attached hydrogens (tertiary/aromatic N) is 3. The van der Waals surface area contributed by atoms with Crippen molar-refractivity contribution in [3.8, 4) is 11.6 Å². The van der Waals surface area contributed by atoms with E-state index in [0.29, 0.717) is 35.1 Å². The van der Waals surface area contributed by atoms with Gasteiger partial charge in [0, 0.05) is 29.9 Å². The Labute approximate surface area is 191 Å². The van der Waals surface area contributed by atoms with Crippen LogP contribution < -0.4 is 5.30 Å². The van der Waals surface area contributed by atoms with E-state index in [2.05, 4.69) is 23.8 Å². The third-order valence-corrected chi connectivity index (χ3v) is 6.32. The van der Waals surface area contributed by atoms with Crippen LogP contribution in [0.3, 0.4) is 0 Å². The number of rotatable bonds is 8. The Morgan fingerprint density at radius 1 is 1.16 bits per heavy atom. The molecule has 0 bridgehead atoms. The molecule has 9 heteroatoms. The molecule has 0 atom stereocenters. The van der Waals surface area contributed by atoms with E-state index in [9.17, 15) is 14.4 Å². The molecular weight excluding hydrogens is 449 g/mol. The fourth-order valence-corrected chi connectivity index (χ4v) is 4.63. The summed E-state index contributed by atoms with van der Waals surface area (Å²) in [4.78, 5) is 29.0. The van der Waals surface area contributed by atoms with Crippen LogP contribution in [0.2, 0.25) is 5.02 Å². The summed E-state index contributed by atoms with van der Waals surface area (Å²) in [5, 5.41) is 0.426. The summed E-state index contributed by atoms with van der Waals surface area (Å²) in [5.74, 6) is 1.29. The molecular formula is C23H25ClN3O4P. The molecule has 7 nitrogen and oxygen atoms in total. The minimum atomic E-state index is -4.58. The normalized spacial score (nSPS) is 12.2. The van der Waals surface area contributed by atoms with Crippen LogP contribution in [0.1, 0.15) is 31.7 Å². The fraction of sp³-hybridized carbons (Fsp3) is 0.304. The van der Waals surface area contributed by atoms with Crippen LogP contribution in [0, 0.1) is 5.92 Å². The van der Waals surface area contributed by atoms with Crippen molar-refractivity contribution in [2.45, 2.75) is 39.7 Å². The van der Waals surface area contributed by atoms with Gasteiger partial charge in [-0.1, -0.05) is 31.5 Å². The maximum absolute atomic E-state index is 12.3. The number of aromatic nitrogens is 3. The highest BCUT2D eigenvalue weighted by Crippen LogP contribution is 2.40. The zero-order chi connectivity index (χ0) is 22.9. The molecule has 0 aliphatic rings. The smallest absolute Gasteiger partial charge is 0.360 e. The first-order chi connectivity index (χ1) is 15.2. The highest BCUT2D eigenvalue weighted by molar-refractivity contribution is 7.60. The first-order valence-electron chi connectivity index (χ1n) is 10.5. The molecule has 0 unspecified atom stereocenters. The number of imidazole rings is 1. The lowest BCUT2D eigenvalue weighted by molar-refractivity contribution is 0.387. The molecule has 0 aliphatic heterocycles. The molecule has 0 spiro atoms. The molecule has 0 saturated heterocycles. The quantitative estimate of drug-likeness (QED) is 0.350. The predicted octanol–water partition coefficient (Wildman–Crippen LogP) is 4.98. The highest BCUT2D eigenvalue weighted by atomic mass is 35.5. The summed E-state index contributed by atoms with van der Waals surface area (Å²) in [6, 6.07) is 12.6. The van der Waals surface area contributed by atoms with E-state index >= 15 is 0 Å². The Morgan fingerprint density at radius 3 is 2.66 bits per heavy atom. The van der Waals surface area contributed by atoms with Crippen LogP contribution in [0.4, 0.5) is 0 Å². The van der Waals surface area contributed by atoms with Crippen molar-refractivity contribution in [1.29, 1.82) is 0 Å². The molecule has 3 heterocycles. The lowest BCUT2D eigenvalue weighted by Gasteiger charge is -2.12. The number of benzene rings is 1. The van der Waals surface area contributed by atoms with Gasteiger partial charge in [0.1, 0.15) is 11.1 Å². The van der Waals surface area contributed by atoms with Gasteiger partial charge in [-0.15, -0.1) is 0 Å². The van der Waals surface area contributed by atoms with Gasteiger partial charge in [0.25, 0.3) is 0 Å². The van der Waals surface area contributed by atoms with Crippen LogP contribution in [0.5, 0.6) is 0 Å². The van der Waals surface area contributed by atoms with Gasteiger partial charge in [-0.3, -0.25) is 9.55 Å². The second-order valence-corrected chi connectivity index (χ2v) is 10.2. The maximum Gasteiger partial charge on any atom is 0.360 e. The predicted molar refractivity (Wildman–Crippen MR) is 125 cm³/mol. The topological polar surface area (TPSA) is 101 Å². The van der Waals surface area contributed by atoms with Gasteiger partial charge in [-0.2, -0.15) is 0 Å². The number of hydrogen-bond acceptors (Lipinski definition) is 4. The molecule has 0 amide bonds.